The Morgan fingerprint density at radius 1 is 1.33 bits per heavy atom. The third kappa shape index (κ3) is 3.81. The Balaban J connectivity index is 1.99. The summed E-state index contributed by atoms with van der Waals surface area (Å²) in [6.07, 6.45) is 0.717. The number of nitrogens with one attached hydrogen (secondary N) is 2. The smallest absolute Gasteiger partial charge is 0.291 e. The number of H-pyrrole nitrogens is 1. The fourth-order valence-corrected chi connectivity index (χ4v) is 1.92. The first-order valence-corrected chi connectivity index (χ1v) is 7.09. The molecular weight excluding hydrogens is 268 g/mol. The van der Waals surface area contributed by atoms with Crippen molar-refractivity contribution in [3.05, 3.63) is 41.5 Å². The number of hydrogen-bond acceptors (Lipinski definition) is 4. The van der Waals surface area contributed by atoms with Crippen molar-refractivity contribution in [3.63, 3.8) is 0 Å². The first-order valence-electron chi connectivity index (χ1n) is 7.09. The molecule has 6 nitrogen and oxygen atoms in total. The second-order valence-corrected chi connectivity index (χ2v) is 4.66. The lowest BCUT2D eigenvalue weighted by molar-refractivity contribution is 0.0929. The minimum absolute atomic E-state index is 0.128. The van der Waals surface area contributed by atoms with Crippen LogP contribution in [-0.4, -0.2) is 27.7 Å². The molecule has 0 aliphatic heterocycles. The molecule has 1 amide bonds. The van der Waals surface area contributed by atoms with E-state index >= 15 is 0 Å². The zero-order valence-electron chi connectivity index (χ0n) is 12.5. The highest BCUT2D eigenvalue weighted by Gasteiger charge is 2.15. The summed E-state index contributed by atoms with van der Waals surface area (Å²) in [6.45, 7) is 6.44. The number of aryl methyl sites for hydroxylation is 1. The quantitative estimate of drug-likeness (QED) is 0.854. The Hall–Kier alpha value is -2.37. The van der Waals surface area contributed by atoms with Gasteiger partial charge in [0.15, 0.2) is 0 Å². The fraction of sp³-hybridized carbons (Fsp3) is 0.400. The van der Waals surface area contributed by atoms with Crippen molar-refractivity contribution in [2.45, 2.75) is 33.2 Å². The molecule has 0 radical (unpaired) electrons. The zero-order valence-corrected chi connectivity index (χ0v) is 12.5. The predicted molar refractivity (Wildman–Crippen MR) is 79.3 cm³/mol. The van der Waals surface area contributed by atoms with Gasteiger partial charge < -0.3 is 10.1 Å². The lowest BCUT2D eigenvalue weighted by Gasteiger charge is -2.13. The maximum atomic E-state index is 12.0. The number of aromatic amines is 1. The van der Waals surface area contributed by atoms with E-state index in [0.29, 0.717) is 18.9 Å². The summed E-state index contributed by atoms with van der Waals surface area (Å²) in [5.74, 6) is 1.41. The summed E-state index contributed by atoms with van der Waals surface area (Å²) in [5, 5.41) is 9.51. The van der Waals surface area contributed by atoms with Crippen LogP contribution in [0, 0.1) is 0 Å². The Bertz CT molecular complexity index is 592. The fourth-order valence-electron chi connectivity index (χ4n) is 1.92. The number of nitrogens with zero attached hydrogens (tertiary/aromatic N) is 2. The van der Waals surface area contributed by atoms with Crippen LogP contribution in [0.25, 0.3) is 0 Å². The van der Waals surface area contributed by atoms with Gasteiger partial charge in [0.25, 0.3) is 5.91 Å². The number of rotatable bonds is 6. The van der Waals surface area contributed by atoms with E-state index in [2.05, 4.69) is 20.5 Å². The van der Waals surface area contributed by atoms with Gasteiger partial charge in [0.1, 0.15) is 11.6 Å². The molecule has 0 spiro atoms. The number of benzene rings is 1. The van der Waals surface area contributed by atoms with Gasteiger partial charge in [-0.05, 0) is 31.5 Å². The van der Waals surface area contributed by atoms with E-state index < -0.39 is 0 Å². The van der Waals surface area contributed by atoms with Gasteiger partial charge in [-0.15, -0.1) is 5.10 Å². The summed E-state index contributed by atoms with van der Waals surface area (Å²) in [5.41, 5.74) is 0.998. The topological polar surface area (TPSA) is 79.9 Å². The van der Waals surface area contributed by atoms with Gasteiger partial charge in [-0.25, -0.2) is 4.98 Å². The molecule has 0 saturated heterocycles. The maximum absolute atomic E-state index is 12.0. The molecule has 1 unspecified atom stereocenters. The van der Waals surface area contributed by atoms with Crippen LogP contribution in [0.5, 0.6) is 5.75 Å². The number of amides is 1. The van der Waals surface area contributed by atoms with Crippen LogP contribution in [-0.2, 0) is 6.42 Å². The number of carbonyl (C=O) groups is 1. The number of carbonyl (C=O) groups excluding carboxylic acids is 1. The van der Waals surface area contributed by atoms with Gasteiger partial charge >= 0.3 is 0 Å². The van der Waals surface area contributed by atoms with E-state index in [4.69, 9.17) is 4.74 Å². The molecular formula is C15H20N4O2. The maximum Gasteiger partial charge on any atom is 0.291 e. The van der Waals surface area contributed by atoms with Crippen LogP contribution < -0.4 is 10.1 Å². The van der Waals surface area contributed by atoms with Crippen molar-refractivity contribution in [3.8, 4) is 5.75 Å². The van der Waals surface area contributed by atoms with Gasteiger partial charge in [0.05, 0.1) is 12.6 Å². The molecule has 2 N–H and O–H groups in total. The highest BCUT2D eigenvalue weighted by molar-refractivity contribution is 5.90. The highest BCUT2D eigenvalue weighted by Crippen LogP contribution is 2.17. The molecule has 21 heavy (non-hydrogen) atoms. The van der Waals surface area contributed by atoms with Crippen molar-refractivity contribution in [2.75, 3.05) is 6.61 Å². The molecule has 2 aromatic rings. The minimum Gasteiger partial charge on any atom is -0.494 e. The summed E-state index contributed by atoms with van der Waals surface area (Å²) in [4.78, 5) is 16.2. The molecule has 1 aromatic heterocycles. The Kier molecular flexibility index (Phi) is 4.92. The SMILES string of the molecule is CCOc1ccc(C(C)NC(=O)c2n[nH]c(CC)n2)cc1. The average Bonchev–Trinajstić information content (AvgIpc) is 2.97. The van der Waals surface area contributed by atoms with Crippen LogP contribution >= 0.6 is 0 Å². The third-order valence-electron chi connectivity index (χ3n) is 3.11. The predicted octanol–water partition coefficient (Wildman–Crippen LogP) is 2.26. The second kappa shape index (κ2) is 6.88. The Labute approximate surface area is 123 Å². The van der Waals surface area contributed by atoms with E-state index in [1.807, 2.05) is 45.0 Å². The van der Waals surface area contributed by atoms with Crippen molar-refractivity contribution in [1.82, 2.24) is 20.5 Å². The van der Waals surface area contributed by atoms with Crippen molar-refractivity contribution >= 4 is 5.91 Å². The van der Waals surface area contributed by atoms with E-state index in [9.17, 15) is 4.79 Å². The van der Waals surface area contributed by atoms with Crippen molar-refractivity contribution < 1.29 is 9.53 Å². The molecule has 0 aliphatic rings. The lowest BCUT2D eigenvalue weighted by atomic mass is 10.1. The van der Waals surface area contributed by atoms with Crippen LogP contribution in [0.2, 0.25) is 0 Å². The van der Waals surface area contributed by atoms with Crippen LogP contribution in [0.1, 0.15) is 48.8 Å². The van der Waals surface area contributed by atoms with Crippen LogP contribution in [0.4, 0.5) is 0 Å². The Morgan fingerprint density at radius 3 is 2.62 bits per heavy atom. The molecule has 0 aliphatic carbocycles. The largest absolute Gasteiger partial charge is 0.494 e. The monoisotopic (exact) mass is 288 g/mol. The molecule has 0 fully saturated rings. The van der Waals surface area contributed by atoms with Gasteiger partial charge in [0.2, 0.25) is 5.82 Å². The third-order valence-corrected chi connectivity index (χ3v) is 3.11. The van der Waals surface area contributed by atoms with E-state index in [0.717, 1.165) is 11.3 Å². The summed E-state index contributed by atoms with van der Waals surface area (Å²) in [6, 6.07) is 7.53. The minimum atomic E-state index is -0.285. The van der Waals surface area contributed by atoms with Crippen LogP contribution in [0.3, 0.4) is 0 Å². The van der Waals surface area contributed by atoms with Crippen LogP contribution in [0.15, 0.2) is 24.3 Å². The van der Waals surface area contributed by atoms with Gasteiger partial charge in [-0.1, -0.05) is 19.1 Å². The summed E-state index contributed by atoms with van der Waals surface area (Å²) in [7, 11) is 0. The molecule has 1 atom stereocenters. The molecule has 0 bridgehead atoms. The van der Waals surface area contributed by atoms with E-state index in [1.54, 1.807) is 0 Å². The second-order valence-electron chi connectivity index (χ2n) is 4.66. The zero-order chi connectivity index (χ0) is 15.2. The number of hydrogen-bond donors (Lipinski definition) is 2. The lowest BCUT2D eigenvalue weighted by Crippen LogP contribution is -2.27. The summed E-state index contributed by atoms with van der Waals surface area (Å²) < 4.78 is 5.39. The first kappa shape index (κ1) is 15.0. The molecule has 1 aromatic carbocycles. The average molecular weight is 288 g/mol. The first-order chi connectivity index (χ1) is 10.1. The molecule has 1 heterocycles. The molecule has 0 saturated carbocycles. The molecule has 112 valence electrons. The van der Waals surface area contributed by atoms with Crippen molar-refractivity contribution in [1.29, 1.82) is 0 Å². The number of aromatic nitrogens is 3. The van der Waals surface area contributed by atoms with Gasteiger partial charge in [-0.3, -0.25) is 9.89 Å². The normalized spacial score (nSPS) is 12.0. The number of ether oxygens (including phenoxy) is 1. The van der Waals surface area contributed by atoms with E-state index in [-0.39, 0.29) is 17.8 Å². The van der Waals surface area contributed by atoms with Crippen molar-refractivity contribution in [2.24, 2.45) is 0 Å². The van der Waals surface area contributed by atoms with E-state index in [1.165, 1.54) is 0 Å². The molecule has 2 rings (SSSR count). The standard InChI is InChI=1S/C15H20N4O2/c1-4-13-17-14(19-18-13)15(20)16-10(3)11-6-8-12(9-7-11)21-5-2/h6-10H,4-5H2,1-3H3,(H,16,20)(H,17,18,19). The Morgan fingerprint density at radius 2 is 2.05 bits per heavy atom. The van der Waals surface area contributed by atoms with Gasteiger partial charge in [-0.2, -0.15) is 0 Å². The highest BCUT2D eigenvalue weighted by atomic mass is 16.5. The summed E-state index contributed by atoms with van der Waals surface area (Å²) >= 11 is 0. The molecule has 6 heteroatoms. The van der Waals surface area contributed by atoms with Gasteiger partial charge in [0, 0.05) is 6.42 Å².